The predicted octanol–water partition coefficient (Wildman–Crippen LogP) is 14.8. The van der Waals surface area contributed by atoms with Crippen LogP contribution in [0.15, 0.2) is 0 Å². The highest BCUT2D eigenvalue weighted by molar-refractivity contribution is 5.86. The van der Waals surface area contributed by atoms with E-state index in [1.165, 1.54) is 0 Å². The molecule has 0 heterocycles. The number of hydrogen-bond donors (Lipinski definition) is 0. The monoisotopic (exact) mass is 1090 g/mol. The minimum atomic E-state index is -8.71. The lowest BCUT2D eigenvalue weighted by Crippen LogP contribution is -2.60. The highest BCUT2D eigenvalue weighted by Gasteiger charge is 2.85. The maximum atomic E-state index is 16.1. The molecule has 0 saturated carbocycles. The summed E-state index contributed by atoms with van der Waals surface area (Å²) in [6.45, 7) is 0. The molecule has 0 unspecified atom stereocenters. The number of benzene rings is 4. The normalized spacial score (nSPS) is 16.1. The Hall–Kier alpha value is -5.90. The van der Waals surface area contributed by atoms with Crippen molar-refractivity contribution in [3.05, 3.63) is 103 Å². The van der Waals surface area contributed by atoms with Gasteiger partial charge in [-0.2, -0.15) is 96.6 Å². The Morgan fingerprint density at radius 3 is 0.714 bits per heavy atom. The van der Waals surface area contributed by atoms with E-state index < -0.39 is 197 Å². The van der Waals surface area contributed by atoms with Crippen molar-refractivity contribution in [1.29, 1.82) is 0 Å². The van der Waals surface area contributed by atoms with Crippen LogP contribution in [0.25, 0.3) is 22.3 Å². The largest absolute Gasteiger partial charge is 0.460 e. The molecule has 0 radical (unpaired) electrons. The van der Waals surface area contributed by atoms with Crippen molar-refractivity contribution in [2.45, 2.75) is 59.7 Å². The van der Waals surface area contributed by atoms with Gasteiger partial charge in [0.25, 0.3) is 0 Å². The van der Waals surface area contributed by atoms with Gasteiger partial charge in [0, 0.05) is 22.3 Å². The Kier molecular flexibility index (Phi) is 11.3. The van der Waals surface area contributed by atoms with Gasteiger partial charge in [0.2, 0.25) is 11.5 Å². The minimum absolute atomic E-state index is 3.19. The predicted molar refractivity (Wildman–Crippen MR) is 150 cm³/mol. The van der Waals surface area contributed by atoms with Crippen LogP contribution in [-0.2, 0) is 23.7 Å². The van der Waals surface area contributed by atoms with Crippen molar-refractivity contribution >= 4 is 0 Å². The molecular formula is C34F34O2. The van der Waals surface area contributed by atoms with Crippen LogP contribution < -0.4 is 9.78 Å². The first-order valence-electron chi connectivity index (χ1n) is 16.5. The number of halogens is 34. The van der Waals surface area contributed by atoms with Crippen LogP contribution in [0.3, 0.4) is 0 Å². The average Bonchev–Trinajstić information content (AvgIpc) is 3.62. The molecule has 0 saturated heterocycles. The van der Waals surface area contributed by atoms with Crippen LogP contribution in [0.4, 0.5) is 149 Å². The van der Waals surface area contributed by atoms with Gasteiger partial charge in [0.1, 0.15) is 11.1 Å². The molecule has 0 aromatic heterocycles. The molecule has 2 aliphatic carbocycles. The molecule has 2 aliphatic rings. The number of fused-ring (bicyclic) bond motifs is 6. The van der Waals surface area contributed by atoms with Crippen LogP contribution >= 0.6 is 0 Å². The first kappa shape index (κ1) is 53.5. The van der Waals surface area contributed by atoms with Gasteiger partial charge in [-0.1, -0.05) is 0 Å². The fourth-order valence-electron chi connectivity index (χ4n) is 6.85. The number of rotatable bonds is 9. The summed E-state index contributed by atoms with van der Waals surface area (Å²) in [5, 5.41) is 0. The molecule has 70 heavy (non-hydrogen) atoms. The lowest BCUT2D eigenvalue weighted by molar-refractivity contribution is -0.400. The number of alkyl halides is 22. The highest BCUT2D eigenvalue weighted by atomic mass is 19.4. The van der Waals surface area contributed by atoms with Crippen molar-refractivity contribution in [3.63, 3.8) is 0 Å². The fourth-order valence-corrected chi connectivity index (χ4v) is 6.85. The first-order chi connectivity index (χ1) is 31.1. The molecule has 36 heteroatoms. The smallest absolute Gasteiger partial charge is 0.289 e. The molecule has 2 nitrogen and oxygen atoms in total. The maximum absolute atomic E-state index is 16.1. The summed E-state index contributed by atoms with van der Waals surface area (Å²) >= 11 is 0. The minimum Gasteiger partial charge on any atom is -0.289 e. The zero-order valence-corrected chi connectivity index (χ0v) is 30.7. The maximum Gasteiger partial charge on any atom is 0.460 e. The third kappa shape index (κ3) is 6.22. The SMILES string of the molecule is Fc1c(F)c(F)c2c(c1F)-c1c(F)c(F)c(C(F)(F)C(F)(F)C(F)(F)C(F)(F)F)c(OOc3c4c(c(F)c(F)c3C(F)(F)C(F)(F)C(F)(F)C(F)(F)F)-c3c(F)c(F)c(F)c(F)c3C4(F)F)c1C2(F)F. The fraction of sp³-hybridized carbons (Fsp3) is 0.294. The van der Waals surface area contributed by atoms with Crippen LogP contribution in [-0.4, -0.2) is 36.0 Å². The van der Waals surface area contributed by atoms with E-state index in [4.69, 9.17) is 0 Å². The van der Waals surface area contributed by atoms with E-state index in [9.17, 15) is 96.6 Å². The van der Waals surface area contributed by atoms with E-state index in [-0.39, 0.29) is 0 Å². The highest BCUT2D eigenvalue weighted by Crippen LogP contribution is 2.67. The van der Waals surface area contributed by atoms with E-state index in [1.807, 2.05) is 0 Å². The summed E-state index contributed by atoms with van der Waals surface area (Å²) in [5.74, 6) is -120. The van der Waals surface area contributed by atoms with E-state index in [0.29, 0.717) is 0 Å². The molecule has 0 amide bonds. The summed E-state index contributed by atoms with van der Waals surface area (Å²) < 4.78 is 500. The molecule has 0 spiro atoms. The van der Waals surface area contributed by atoms with Gasteiger partial charge in [-0.25, -0.2) is 52.7 Å². The van der Waals surface area contributed by atoms with Crippen LogP contribution in [0.5, 0.6) is 11.5 Å². The Balaban J connectivity index is 1.86. The summed E-state index contributed by atoms with van der Waals surface area (Å²) in [5.41, 5.74) is -38.2. The first-order valence-corrected chi connectivity index (χ1v) is 16.5. The van der Waals surface area contributed by atoms with Crippen molar-refractivity contribution < 1.29 is 159 Å². The van der Waals surface area contributed by atoms with Gasteiger partial charge in [0.15, 0.2) is 69.8 Å². The molecule has 0 aliphatic heterocycles. The summed E-state index contributed by atoms with van der Waals surface area (Å²) in [6, 6.07) is 0. The summed E-state index contributed by atoms with van der Waals surface area (Å²) in [4.78, 5) is 6.41. The van der Waals surface area contributed by atoms with Gasteiger partial charge >= 0.3 is 59.7 Å². The standard InChI is InChI=1S/C34F34O2/c35-11-3-1-5(15(39)21(45)19(43)13(1)37)25(47,48)7(3)23(9(17(11)41)27(51,52)29(55,56)31(59,60)33(63,64)65)69-70-24-8-4(2-6(26(8,49)50)16(40)22(46)20(44)14(2)38)12(36)18(42)10(24)28(53,54)30(57,58)32(61,62)34(66,67)68. The zero-order chi connectivity index (χ0) is 54.3. The van der Waals surface area contributed by atoms with Crippen molar-refractivity contribution in [1.82, 2.24) is 0 Å². The van der Waals surface area contributed by atoms with E-state index in [0.717, 1.165) is 0 Å². The third-order valence-corrected chi connectivity index (χ3v) is 10.1. The molecule has 4 aromatic rings. The van der Waals surface area contributed by atoms with Crippen molar-refractivity contribution in [2.75, 3.05) is 0 Å². The van der Waals surface area contributed by atoms with Crippen molar-refractivity contribution in [3.8, 4) is 33.8 Å². The van der Waals surface area contributed by atoms with Gasteiger partial charge in [-0.05, 0) is 0 Å². The zero-order valence-electron chi connectivity index (χ0n) is 30.7. The Morgan fingerprint density at radius 2 is 0.471 bits per heavy atom. The lowest BCUT2D eigenvalue weighted by Gasteiger charge is -2.35. The second-order valence-corrected chi connectivity index (χ2v) is 13.9. The Bertz CT molecular complexity index is 2740. The summed E-state index contributed by atoms with van der Waals surface area (Å²) in [7, 11) is 0. The van der Waals surface area contributed by atoms with Crippen molar-refractivity contribution in [2.24, 2.45) is 0 Å². The molecule has 0 bridgehead atoms. The molecule has 0 N–H and O–H groups in total. The van der Waals surface area contributed by atoms with E-state index >= 15 is 52.7 Å². The molecule has 4 aromatic carbocycles. The Morgan fingerprint density at radius 1 is 0.257 bits per heavy atom. The van der Waals surface area contributed by atoms with Gasteiger partial charge in [0.05, 0.1) is 22.3 Å². The molecular weight excluding hydrogens is 1090 g/mol. The Labute approximate surface area is 356 Å². The third-order valence-electron chi connectivity index (χ3n) is 10.1. The van der Waals surface area contributed by atoms with E-state index in [2.05, 4.69) is 9.78 Å². The van der Waals surface area contributed by atoms with Gasteiger partial charge < -0.3 is 0 Å². The second-order valence-electron chi connectivity index (χ2n) is 13.9. The van der Waals surface area contributed by atoms with Crippen LogP contribution in [0, 0.1) is 69.8 Å². The van der Waals surface area contributed by atoms with Crippen LogP contribution in [0.1, 0.15) is 33.4 Å². The molecule has 0 fully saturated rings. The quantitative estimate of drug-likeness (QED) is 0.0547. The molecule has 0 atom stereocenters. The van der Waals surface area contributed by atoms with Gasteiger partial charge in [-0.3, -0.25) is 9.78 Å². The average molecular weight is 1090 g/mol. The van der Waals surface area contributed by atoms with E-state index in [1.54, 1.807) is 0 Å². The van der Waals surface area contributed by atoms with Gasteiger partial charge in [-0.15, -0.1) is 0 Å². The van der Waals surface area contributed by atoms with Crippen LogP contribution in [0.2, 0.25) is 0 Å². The molecule has 386 valence electrons. The lowest BCUT2D eigenvalue weighted by atomic mass is 9.90. The number of hydrogen-bond acceptors (Lipinski definition) is 2. The summed E-state index contributed by atoms with van der Waals surface area (Å²) in [6.07, 6.45) is -16.3. The molecule has 6 rings (SSSR count). The topological polar surface area (TPSA) is 18.5 Å². The second kappa shape index (κ2) is 14.8.